The van der Waals surface area contributed by atoms with Gasteiger partial charge in [-0.1, -0.05) is 0 Å². The Labute approximate surface area is 335 Å². The first-order chi connectivity index (χ1) is 27.9. The monoisotopic (exact) mass is 864 g/mol. The van der Waals surface area contributed by atoms with Gasteiger partial charge in [0.1, 0.15) is 110 Å². The highest BCUT2D eigenvalue weighted by Crippen LogP contribution is 2.36. The first-order valence-corrected chi connectivity index (χ1v) is 18.9. The zero-order valence-corrected chi connectivity index (χ0v) is 31.8. The molecular formula is C33H56N2O24. The molecule has 0 aromatic carbocycles. The van der Waals surface area contributed by atoms with Gasteiger partial charge in [-0.05, 0) is 0 Å². The van der Waals surface area contributed by atoms with E-state index in [4.69, 9.17) is 42.6 Å². The molecule has 0 saturated carbocycles. The third-order valence-electron chi connectivity index (χ3n) is 10.7. The van der Waals surface area contributed by atoms with Gasteiger partial charge in [0.25, 0.3) is 0 Å². The van der Waals surface area contributed by atoms with E-state index in [2.05, 4.69) is 10.6 Å². The van der Waals surface area contributed by atoms with E-state index >= 15 is 0 Å². The number of hydrogen-bond donors (Lipinski definition) is 15. The number of aliphatic hydroxyl groups is 13. The lowest BCUT2D eigenvalue weighted by Gasteiger charge is -2.51. The number of hydrogen-bond acceptors (Lipinski definition) is 24. The lowest BCUT2D eigenvalue weighted by Crippen LogP contribution is -2.70. The van der Waals surface area contributed by atoms with Crippen LogP contribution in [0.3, 0.4) is 0 Å². The van der Waals surface area contributed by atoms with E-state index in [1.165, 1.54) is 6.92 Å². The van der Waals surface area contributed by atoms with Gasteiger partial charge < -0.3 is 120 Å². The van der Waals surface area contributed by atoms with Crippen molar-refractivity contribution in [3.63, 3.8) is 0 Å². The Morgan fingerprint density at radius 3 is 1.59 bits per heavy atom. The van der Waals surface area contributed by atoms with Crippen LogP contribution < -0.4 is 10.6 Å². The molecule has 0 bridgehead atoms. The Hall–Kier alpha value is -1.94. The molecule has 0 aromatic heterocycles. The highest BCUT2D eigenvalue weighted by molar-refractivity contribution is 5.73. The summed E-state index contributed by atoms with van der Waals surface area (Å²) in [7, 11) is 0. The lowest BCUT2D eigenvalue weighted by atomic mass is 9.94. The number of carbonyl (C=O) groups excluding carboxylic acids is 2. The van der Waals surface area contributed by atoms with Crippen LogP contribution in [0.2, 0.25) is 0 Å². The van der Waals surface area contributed by atoms with Gasteiger partial charge in [0, 0.05) is 13.8 Å². The summed E-state index contributed by atoms with van der Waals surface area (Å²) in [5, 5.41) is 142. The zero-order chi connectivity index (χ0) is 43.5. The molecule has 26 heteroatoms. The minimum absolute atomic E-state index is 0.220. The van der Waals surface area contributed by atoms with E-state index in [9.17, 15) is 76.0 Å². The van der Waals surface area contributed by atoms with Crippen molar-refractivity contribution in [3.8, 4) is 0 Å². The summed E-state index contributed by atoms with van der Waals surface area (Å²) in [5.41, 5.74) is 0. The molecule has 0 radical (unpaired) electrons. The summed E-state index contributed by atoms with van der Waals surface area (Å²) >= 11 is 0. The number of aliphatic hydroxyl groups excluding tert-OH is 13. The maximum Gasteiger partial charge on any atom is 0.217 e. The van der Waals surface area contributed by atoms with Crippen molar-refractivity contribution in [2.75, 3.05) is 39.6 Å². The SMILES string of the molecule is CC(=O)N[C@H]1[C@H](O[C@H]2[C@H](O)[C@@H](NC(C)=O)CO[C@@H]2CO)O[C@H](CO)[C@@H](O[C@@H]2O[C@H](CO)[C@@H](O)[C@H](O[C@H]3O[C@H](CO)[C@@H](O)[C@H](O)[C@@H]3O)[C@@H]2O[C@@H]2OC[C@@H](O)[C@H](O)[C@H]2O)[C@@H]1O. The van der Waals surface area contributed by atoms with Gasteiger partial charge in [-0.25, -0.2) is 0 Å². The largest absolute Gasteiger partial charge is 0.394 e. The third-order valence-corrected chi connectivity index (χ3v) is 10.7. The van der Waals surface area contributed by atoms with Gasteiger partial charge in [-0.3, -0.25) is 9.59 Å². The molecule has 0 aromatic rings. The molecule has 5 aliphatic heterocycles. The van der Waals surface area contributed by atoms with Crippen LogP contribution in [-0.2, 0) is 52.2 Å². The molecule has 2 amide bonds. The highest BCUT2D eigenvalue weighted by Gasteiger charge is 2.57. The quantitative estimate of drug-likeness (QED) is 0.0771. The number of ether oxygens (including phenoxy) is 9. The van der Waals surface area contributed by atoms with Crippen LogP contribution in [-0.4, -0.2) is 259 Å². The van der Waals surface area contributed by atoms with Crippen LogP contribution in [0.4, 0.5) is 0 Å². The number of nitrogens with one attached hydrogen (secondary N) is 2. The molecule has 5 fully saturated rings. The van der Waals surface area contributed by atoms with Crippen molar-refractivity contribution in [2.45, 2.75) is 155 Å². The van der Waals surface area contributed by atoms with Gasteiger partial charge in [0.2, 0.25) is 11.8 Å². The summed E-state index contributed by atoms with van der Waals surface area (Å²) in [4.78, 5) is 24.2. The van der Waals surface area contributed by atoms with Crippen molar-refractivity contribution >= 4 is 11.8 Å². The molecule has 26 nitrogen and oxygen atoms in total. The molecule has 5 heterocycles. The van der Waals surface area contributed by atoms with E-state index < -0.39 is 186 Å². The first kappa shape index (κ1) is 48.1. The first-order valence-electron chi connectivity index (χ1n) is 18.9. The number of carbonyl (C=O) groups is 2. The maximum absolute atomic E-state index is 12.5. The smallest absolute Gasteiger partial charge is 0.217 e. The average Bonchev–Trinajstić information content (AvgIpc) is 3.20. The molecule has 0 unspecified atom stereocenters. The van der Waals surface area contributed by atoms with Gasteiger partial charge in [-0.15, -0.1) is 0 Å². The third kappa shape index (κ3) is 10.6. The number of rotatable bonds is 14. The normalized spacial score (nSPS) is 48.3. The fourth-order valence-corrected chi connectivity index (χ4v) is 7.47. The van der Waals surface area contributed by atoms with E-state index in [-0.39, 0.29) is 6.61 Å². The van der Waals surface area contributed by atoms with Crippen molar-refractivity contribution in [3.05, 3.63) is 0 Å². The van der Waals surface area contributed by atoms with Crippen molar-refractivity contribution in [1.29, 1.82) is 0 Å². The van der Waals surface area contributed by atoms with Gasteiger partial charge >= 0.3 is 0 Å². The Bertz CT molecular complexity index is 1360. The van der Waals surface area contributed by atoms with Crippen molar-refractivity contribution < 1.29 is 119 Å². The summed E-state index contributed by atoms with van der Waals surface area (Å²) in [6.07, 6.45) is -37.3. The molecule has 15 N–H and O–H groups in total. The molecule has 59 heavy (non-hydrogen) atoms. The van der Waals surface area contributed by atoms with Crippen molar-refractivity contribution in [2.24, 2.45) is 0 Å². The van der Waals surface area contributed by atoms with Gasteiger partial charge in [-0.2, -0.15) is 0 Å². The van der Waals surface area contributed by atoms with E-state index in [0.29, 0.717) is 0 Å². The Morgan fingerprint density at radius 2 is 0.983 bits per heavy atom. The fourth-order valence-electron chi connectivity index (χ4n) is 7.47. The summed E-state index contributed by atoms with van der Waals surface area (Å²) in [6.45, 7) is -2.04. The molecule has 0 spiro atoms. The zero-order valence-electron chi connectivity index (χ0n) is 31.8. The topological polar surface area (TPSA) is 404 Å². The minimum atomic E-state index is -2.04. The molecule has 342 valence electrons. The van der Waals surface area contributed by atoms with Gasteiger partial charge in [0.05, 0.1) is 45.7 Å². The predicted molar refractivity (Wildman–Crippen MR) is 183 cm³/mol. The second-order valence-corrected chi connectivity index (χ2v) is 14.9. The van der Waals surface area contributed by atoms with Crippen LogP contribution in [0.25, 0.3) is 0 Å². The molecular weight excluding hydrogens is 808 g/mol. The van der Waals surface area contributed by atoms with E-state index in [0.717, 1.165) is 6.92 Å². The second kappa shape index (κ2) is 21.0. The standard InChI is InChI=1S/C33H56N2O24/c1-9(40)34-11-7-51-15(5-38)26(18(11)43)56-30-17(35-10(2)41)22(47)27(16(6-39)55-30)57-33-29(59-31-24(49)19(44)12(42)8-52-31)28(21(46)14(4-37)54-33)58-32-25(50)23(48)20(45)13(3-36)53-32/h11-33,36-39,42-50H,3-8H2,1-2H3,(H,34,40)(H,35,41)/t11-,12+,13+,14+,15+,16+,17+,18+,19-,20+,21+,22+,23-,24+,25-,26+,27+,28-,29-,30-,31-,32+,33-/m0/s1. The Morgan fingerprint density at radius 1 is 0.475 bits per heavy atom. The number of amides is 2. The predicted octanol–water partition coefficient (Wildman–Crippen LogP) is -10.3. The Balaban J connectivity index is 1.47. The van der Waals surface area contributed by atoms with E-state index in [1.807, 2.05) is 0 Å². The summed E-state index contributed by atoms with van der Waals surface area (Å²) in [6, 6.07) is -2.64. The molecule has 5 rings (SSSR count). The second-order valence-electron chi connectivity index (χ2n) is 14.9. The van der Waals surface area contributed by atoms with Gasteiger partial charge in [0.15, 0.2) is 25.2 Å². The van der Waals surface area contributed by atoms with Crippen LogP contribution in [0.5, 0.6) is 0 Å². The molecule has 0 aliphatic carbocycles. The maximum atomic E-state index is 12.5. The van der Waals surface area contributed by atoms with Crippen molar-refractivity contribution in [1.82, 2.24) is 10.6 Å². The summed E-state index contributed by atoms with van der Waals surface area (Å²) < 4.78 is 52.1. The minimum Gasteiger partial charge on any atom is -0.394 e. The molecule has 23 atom stereocenters. The van der Waals surface area contributed by atoms with Crippen LogP contribution in [0, 0.1) is 0 Å². The van der Waals surface area contributed by atoms with Crippen LogP contribution in [0.15, 0.2) is 0 Å². The highest BCUT2D eigenvalue weighted by atomic mass is 16.8. The van der Waals surface area contributed by atoms with E-state index in [1.54, 1.807) is 0 Å². The lowest BCUT2D eigenvalue weighted by molar-refractivity contribution is -0.400. The Kier molecular flexibility index (Phi) is 17.1. The van der Waals surface area contributed by atoms with Crippen LogP contribution in [0.1, 0.15) is 13.8 Å². The average molecular weight is 865 g/mol. The summed E-state index contributed by atoms with van der Waals surface area (Å²) in [5.74, 6) is -1.28. The van der Waals surface area contributed by atoms with Crippen LogP contribution >= 0.6 is 0 Å². The molecule has 5 saturated heterocycles. The fraction of sp³-hybridized carbons (Fsp3) is 0.939. The molecule has 5 aliphatic rings.